The van der Waals surface area contributed by atoms with E-state index in [0.29, 0.717) is 0 Å². The van der Waals surface area contributed by atoms with Gasteiger partial charge in [0.05, 0.1) is 5.60 Å². The van der Waals surface area contributed by atoms with E-state index in [2.05, 4.69) is 31.4 Å². The minimum atomic E-state index is -0.141. The molecule has 0 spiro atoms. The van der Waals surface area contributed by atoms with Crippen LogP contribution in [0.1, 0.15) is 47.0 Å². The molecule has 4 heteroatoms. The van der Waals surface area contributed by atoms with Crippen molar-refractivity contribution in [1.29, 1.82) is 0 Å². The molecule has 18 heavy (non-hydrogen) atoms. The second-order valence-electron chi connectivity index (χ2n) is 6.14. The van der Waals surface area contributed by atoms with E-state index in [0.717, 1.165) is 25.4 Å². The lowest BCUT2D eigenvalue weighted by Gasteiger charge is -2.38. The smallest absolute Gasteiger partial charge is 0.246 e. The quantitative estimate of drug-likeness (QED) is 0.695. The van der Waals surface area contributed by atoms with Crippen LogP contribution in [0.15, 0.2) is 0 Å². The fourth-order valence-corrected chi connectivity index (χ4v) is 2.04. The van der Waals surface area contributed by atoms with Crippen molar-refractivity contribution in [2.75, 3.05) is 19.7 Å². The molecule has 1 unspecified atom stereocenters. The van der Waals surface area contributed by atoms with E-state index in [4.69, 9.17) is 4.74 Å². The summed E-state index contributed by atoms with van der Waals surface area (Å²) in [5.74, 6) is 0.738. The van der Waals surface area contributed by atoms with Crippen LogP contribution in [0, 0.1) is 5.92 Å². The second kappa shape index (κ2) is 7.10. The zero-order chi connectivity index (χ0) is 13.6. The first-order valence-corrected chi connectivity index (χ1v) is 7.05. The summed E-state index contributed by atoms with van der Waals surface area (Å²) in [4.78, 5) is 11.7. The van der Waals surface area contributed by atoms with Crippen molar-refractivity contribution in [2.45, 2.75) is 58.6 Å². The topological polar surface area (TPSA) is 50.4 Å². The maximum atomic E-state index is 11.7. The van der Waals surface area contributed by atoms with Crippen molar-refractivity contribution >= 4 is 5.91 Å². The summed E-state index contributed by atoms with van der Waals surface area (Å²) >= 11 is 0. The van der Waals surface area contributed by atoms with E-state index < -0.39 is 0 Å². The van der Waals surface area contributed by atoms with E-state index in [1.807, 2.05) is 6.92 Å². The van der Waals surface area contributed by atoms with Crippen molar-refractivity contribution < 1.29 is 9.53 Å². The molecule has 1 aliphatic heterocycles. The summed E-state index contributed by atoms with van der Waals surface area (Å²) in [6, 6.07) is 0.243. The third-order valence-corrected chi connectivity index (χ3v) is 3.38. The highest BCUT2D eigenvalue weighted by Gasteiger charge is 2.33. The van der Waals surface area contributed by atoms with Crippen LogP contribution in [-0.2, 0) is 9.53 Å². The molecule has 0 radical (unpaired) electrons. The molecule has 0 bridgehead atoms. The largest absolute Gasteiger partial charge is 0.363 e. The Kier molecular flexibility index (Phi) is 6.09. The number of carbonyl (C=O) groups is 1. The normalized spacial score (nSPS) is 19.4. The third kappa shape index (κ3) is 5.83. The fourth-order valence-electron chi connectivity index (χ4n) is 2.04. The molecular formula is C14H28N2O2. The monoisotopic (exact) mass is 256 g/mol. The molecule has 106 valence electrons. The fraction of sp³-hybridized carbons (Fsp3) is 0.929. The number of ether oxygens (including phenoxy) is 1. The molecule has 1 aliphatic rings. The molecule has 1 heterocycles. The molecule has 2 N–H and O–H groups in total. The average Bonchev–Trinajstić information content (AvgIpc) is 2.23. The van der Waals surface area contributed by atoms with Crippen molar-refractivity contribution in [1.82, 2.24) is 10.6 Å². The van der Waals surface area contributed by atoms with Crippen molar-refractivity contribution in [3.63, 3.8) is 0 Å². The van der Waals surface area contributed by atoms with Gasteiger partial charge in [-0.3, -0.25) is 4.79 Å². The highest BCUT2D eigenvalue weighted by molar-refractivity contribution is 5.77. The lowest BCUT2D eigenvalue weighted by atomic mass is 10.0. The Hall–Kier alpha value is -0.610. The van der Waals surface area contributed by atoms with Gasteiger partial charge in [-0.2, -0.15) is 0 Å². The van der Waals surface area contributed by atoms with E-state index in [1.165, 1.54) is 12.8 Å². The number of hydrogen-bond donors (Lipinski definition) is 2. The molecule has 0 aromatic rings. The van der Waals surface area contributed by atoms with Crippen molar-refractivity contribution in [3.05, 3.63) is 0 Å². The van der Waals surface area contributed by atoms with Gasteiger partial charge in [-0.1, -0.05) is 26.7 Å². The van der Waals surface area contributed by atoms with Gasteiger partial charge in [-0.05, 0) is 26.2 Å². The highest BCUT2D eigenvalue weighted by atomic mass is 16.5. The number of amides is 1. The minimum Gasteiger partial charge on any atom is -0.363 e. The molecule has 4 nitrogen and oxygen atoms in total. The van der Waals surface area contributed by atoms with E-state index in [9.17, 15) is 4.79 Å². The Morgan fingerprint density at radius 3 is 2.50 bits per heavy atom. The van der Waals surface area contributed by atoms with Gasteiger partial charge in [0, 0.05) is 19.1 Å². The van der Waals surface area contributed by atoms with Gasteiger partial charge < -0.3 is 15.4 Å². The number of nitrogens with one attached hydrogen (secondary N) is 2. The third-order valence-electron chi connectivity index (χ3n) is 3.38. The maximum Gasteiger partial charge on any atom is 0.246 e. The first-order valence-electron chi connectivity index (χ1n) is 7.05. The Morgan fingerprint density at radius 1 is 1.33 bits per heavy atom. The molecule has 0 aromatic carbocycles. The molecule has 0 saturated carbocycles. The van der Waals surface area contributed by atoms with Crippen LogP contribution in [0.2, 0.25) is 0 Å². The minimum absolute atomic E-state index is 0.000159. The Balaban J connectivity index is 2.07. The van der Waals surface area contributed by atoms with Gasteiger partial charge in [-0.15, -0.1) is 0 Å². The van der Waals surface area contributed by atoms with Gasteiger partial charge in [0.15, 0.2) is 0 Å². The zero-order valence-corrected chi connectivity index (χ0v) is 12.2. The van der Waals surface area contributed by atoms with Crippen molar-refractivity contribution in [2.24, 2.45) is 5.92 Å². The summed E-state index contributed by atoms with van der Waals surface area (Å²) < 4.78 is 5.60. The van der Waals surface area contributed by atoms with Gasteiger partial charge in [0.25, 0.3) is 0 Å². The van der Waals surface area contributed by atoms with Crippen LogP contribution < -0.4 is 10.6 Å². The highest BCUT2D eigenvalue weighted by Crippen LogP contribution is 2.14. The van der Waals surface area contributed by atoms with Crippen LogP contribution in [0.25, 0.3) is 0 Å². The predicted molar refractivity (Wildman–Crippen MR) is 73.5 cm³/mol. The molecule has 1 saturated heterocycles. The second-order valence-corrected chi connectivity index (χ2v) is 6.14. The number of hydrogen-bond acceptors (Lipinski definition) is 3. The van der Waals surface area contributed by atoms with E-state index in [1.54, 1.807) is 0 Å². The van der Waals surface area contributed by atoms with Crippen molar-refractivity contribution in [3.8, 4) is 0 Å². The standard InChI is InChI=1S/C14H28N2O2/c1-11(2)6-5-7-12(3)16-13(17)8-18-14(4)9-15-10-14/h11-12,15H,5-10H2,1-4H3,(H,16,17). The number of carbonyl (C=O) groups excluding carboxylic acids is 1. The Labute approximate surface area is 111 Å². The molecule has 1 rings (SSSR count). The van der Waals surface area contributed by atoms with E-state index >= 15 is 0 Å². The van der Waals surface area contributed by atoms with Crippen LogP contribution in [0.4, 0.5) is 0 Å². The van der Waals surface area contributed by atoms with Gasteiger partial charge in [0.1, 0.15) is 6.61 Å². The summed E-state index contributed by atoms with van der Waals surface area (Å²) in [6.45, 7) is 10.4. The summed E-state index contributed by atoms with van der Waals surface area (Å²) in [5.41, 5.74) is -0.141. The van der Waals surface area contributed by atoms with Crippen LogP contribution in [0.5, 0.6) is 0 Å². The SMILES string of the molecule is CC(C)CCCC(C)NC(=O)COC1(C)CNC1. The Morgan fingerprint density at radius 2 is 2.00 bits per heavy atom. The van der Waals surface area contributed by atoms with Crippen LogP contribution in [0.3, 0.4) is 0 Å². The van der Waals surface area contributed by atoms with Crippen LogP contribution in [-0.4, -0.2) is 37.2 Å². The van der Waals surface area contributed by atoms with Gasteiger partial charge in [-0.25, -0.2) is 0 Å². The molecule has 1 amide bonds. The first kappa shape index (κ1) is 15.4. The number of rotatable bonds is 8. The molecule has 0 aromatic heterocycles. The predicted octanol–water partition coefficient (Wildman–Crippen LogP) is 1.70. The first-order chi connectivity index (χ1) is 8.41. The summed E-state index contributed by atoms with van der Waals surface area (Å²) in [5, 5.41) is 6.14. The van der Waals surface area contributed by atoms with Gasteiger partial charge >= 0.3 is 0 Å². The molecule has 1 fully saturated rings. The molecule has 0 aliphatic carbocycles. The summed E-state index contributed by atoms with van der Waals surface area (Å²) in [7, 11) is 0. The Bertz CT molecular complexity index is 263. The van der Waals surface area contributed by atoms with Gasteiger partial charge in [0.2, 0.25) is 5.91 Å². The van der Waals surface area contributed by atoms with Crippen LogP contribution >= 0.6 is 0 Å². The lowest BCUT2D eigenvalue weighted by Crippen LogP contribution is -2.59. The summed E-state index contributed by atoms with van der Waals surface area (Å²) in [6.07, 6.45) is 3.44. The lowest BCUT2D eigenvalue weighted by molar-refractivity contribution is -0.136. The molecular weight excluding hydrogens is 228 g/mol. The molecule has 1 atom stereocenters. The average molecular weight is 256 g/mol. The zero-order valence-electron chi connectivity index (χ0n) is 12.2. The van der Waals surface area contributed by atoms with E-state index in [-0.39, 0.29) is 24.2 Å². The maximum absolute atomic E-state index is 11.7.